The highest BCUT2D eigenvalue weighted by Gasteiger charge is 2.54. The van der Waals surface area contributed by atoms with Crippen LogP contribution >= 0.6 is 0 Å². The Labute approximate surface area is 131 Å². The van der Waals surface area contributed by atoms with E-state index in [9.17, 15) is 9.18 Å². The zero-order valence-electron chi connectivity index (χ0n) is 13.1. The molecule has 1 aromatic rings. The van der Waals surface area contributed by atoms with Gasteiger partial charge in [0.1, 0.15) is 5.82 Å². The smallest absolute Gasteiger partial charge is 0.226 e. The second kappa shape index (κ2) is 5.07. The largest absolute Gasteiger partial charge is 0.349 e. The van der Waals surface area contributed by atoms with E-state index in [0.29, 0.717) is 0 Å². The van der Waals surface area contributed by atoms with Gasteiger partial charge < -0.3 is 5.32 Å². The Morgan fingerprint density at radius 2 is 1.59 bits per heavy atom. The number of hydrogen-bond acceptors (Lipinski definition) is 1. The Kier molecular flexibility index (Phi) is 3.28. The van der Waals surface area contributed by atoms with Gasteiger partial charge in [-0.15, -0.1) is 0 Å². The summed E-state index contributed by atoms with van der Waals surface area (Å²) in [6.07, 6.45) is 7.29. The minimum atomic E-state index is -0.233. The van der Waals surface area contributed by atoms with Crippen LogP contribution in [0.3, 0.4) is 0 Å². The molecule has 4 aliphatic carbocycles. The summed E-state index contributed by atoms with van der Waals surface area (Å²) in [6.45, 7) is 1.99. The lowest BCUT2D eigenvalue weighted by Gasteiger charge is -2.55. The lowest BCUT2D eigenvalue weighted by Crippen LogP contribution is -2.53. The van der Waals surface area contributed by atoms with E-state index in [2.05, 4.69) is 5.32 Å². The Hall–Kier alpha value is -1.38. The molecule has 1 atom stereocenters. The molecule has 3 heteroatoms. The van der Waals surface area contributed by atoms with Crippen molar-refractivity contribution in [3.05, 3.63) is 35.6 Å². The Balaban J connectivity index is 1.49. The third-order valence-electron chi connectivity index (χ3n) is 6.24. The van der Waals surface area contributed by atoms with Gasteiger partial charge in [-0.1, -0.05) is 12.1 Å². The number of halogens is 1. The number of hydrogen-bond donors (Lipinski definition) is 1. The molecule has 0 radical (unpaired) electrons. The van der Waals surface area contributed by atoms with Crippen molar-refractivity contribution in [3.63, 3.8) is 0 Å². The second-order valence-electron chi connectivity index (χ2n) is 7.94. The van der Waals surface area contributed by atoms with Gasteiger partial charge in [0.2, 0.25) is 5.91 Å². The molecule has 0 heterocycles. The molecule has 0 unspecified atom stereocenters. The summed E-state index contributed by atoms with van der Waals surface area (Å²) in [5.41, 5.74) is 0.864. The molecular formula is C19H24FNO. The van der Waals surface area contributed by atoms with Gasteiger partial charge in [0.05, 0.1) is 6.04 Å². The molecule has 0 spiro atoms. The van der Waals surface area contributed by atoms with E-state index in [1.54, 1.807) is 12.1 Å². The fourth-order valence-electron chi connectivity index (χ4n) is 5.57. The molecular weight excluding hydrogens is 277 g/mol. The van der Waals surface area contributed by atoms with Crippen LogP contribution in [-0.2, 0) is 4.79 Å². The van der Waals surface area contributed by atoms with Crippen molar-refractivity contribution in [3.8, 4) is 0 Å². The summed E-state index contributed by atoms with van der Waals surface area (Å²) in [4.78, 5) is 13.0. The lowest BCUT2D eigenvalue weighted by molar-refractivity contribution is -0.147. The Bertz CT molecular complexity index is 544. The summed E-state index contributed by atoms with van der Waals surface area (Å²) >= 11 is 0. The van der Waals surface area contributed by atoms with E-state index >= 15 is 0 Å². The fourth-order valence-corrected chi connectivity index (χ4v) is 5.57. The molecule has 4 aliphatic rings. The van der Waals surface area contributed by atoms with Crippen LogP contribution in [0.4, 0.5) is 4.39 Å². The first-order valence-electron chi connectivity index (χ1n) is 8.60. The number of carbonyl (C=O) groups is 1. The molecule has 22 heavy (non-hydrogen) atoms. The maximum atomic E-state index is 13.0. The topological polar surface area (TPSA) is 29.1 Å². The normalized spacial score (nSPS) is 37.1. The Morgan fingerprint density at radius 1 is 1.09 bits per heavy atom. The number of benzene rings is 1. The average molecular weight is 301 g/mol. The number of amides is 1. The van der Waals surface area contributed by atoms with Crippen LogP contribution in [0.2, 0.25) is 0 Å². The van der Waals surface area contributed by atoms with Gasteiger partial charge in [0.25, 0.3) is 0 Å². The highest BCUT2D eigenvalue weighted by atomic mass is 19.1. The zero-order valence-corrected chi connectivity index (χ0v) is 13.1. The van der Waals surface area contributed by atoms with E-state index < -0.39 is 0 Å². The highest BCUT2D eigenvalue weighted by molar-refractivity contribution is 5.83. The van der Waals surface area contributed by atoms with Crippen LogP contribution in [0.15, 0.2) is 24.3 Å². The van der Waals surface area contributed by atoms with Crippen LogP contribution in [-0.4, -0.2) is 5.91 Å². The van der Waals surface area contributed by atoms with Crippen molar-refractivity contribution in [2.75, 3.05) is 0 Å². The van der Waals surface area contributed by atoms with Crippen LogP contribution in [0.1, 0.15) is 57.1 Å². The van der Waals surface area contributed by atoms with Gasteiger partial charge >= 0.3 is 0 Å². The number of nitrogens with one attached hydrogen (secondary N) is 1. The predicted octanol–water partition coefficient (Wildman–Crippen LogP) is 4.22. The fraction of sp³-hybridized carbons (Fsp3) is 0.632. The molecule has 5 rings (SSSR count). The summed E-state index contributed by atoms with van der Waals surface area (Å²) in [6, 6.07) is 6.40. The van der Waals surface area contributed by atoms with Gasteiger partial charge in [0, 0.05) is 5.41 Å². The van der Waals surface area contributed by atoms with Crippen LogP contribution in [0.5, 0.6) is 0 Å². The molecule has 0 aliphatic heterocycles. The predicted molar refractivity (Wildman–Crippen MR) is 83.6 cm³/mol. The van der Waals surface area contributed by atoms with E-state index in [1.807, 2.05) is 6.92 Å². The molecule has 118 valence electrons. The highest BCUT2D eigenvalue weighted by Crippen LogP contribution is 2.60. The maximum Gasteiger partial charge on any atom is 0.226 e. The monoisotopic (exact) mass is 301 g/mol. The van der Waals surface area contributed by atoms with Crippen molar-refractivity contribution in [2.45, 2.75) is 51.5 Å². The van der Waals surface area contributed by atoms with Crippen molar-refractivity contribution in [1.82, 2.24) is 5.32 Å². The molecule has 4 fully saturated rings. The minimum absolute atomic E-state index is 0.0545. The number of carbonyl (C=O) groups excluding carboxylic acids is 1. The molecule has 1 aromatic carbocycles. The first-order chi connectivity index (χ1) is 10.5. The van der Waals surface area contributed by atoms with E-state index in [1.165, 1.54) is 31.4 Å². The second-order valence-corrected chi connectivity index (χ2v) is 7.94. The molecule has 0 aromatic heterocycles. The van der Waals surface area contributed by atoms with Crippen molar-refractivity contribution in [2.24, 2.45) is 23.2 Å². The summed E-state index contributed by atoms with van der Waals surface area (Å²) in [5, 5.41) is 3.21. The molecule has 4 saturated carbocycles. The van der Waals surface area contributed by atoms with E-state index in [4.69, 9.17) is 0 Å². The minimum Gasteiger partial charge on any atom is -0.349 e. The first kappa shape index (κ1) is 14.2. The zero-order chi connectivity index (χ0) is 15.3. The molecule has 4 bridgehead atoms. The van der Waals surface area contributed by atoms with Gasteiger partial charge in [-0.25, -0.2) is 4.39 Å². The standard InChI is InChI=1S/C19H24FNO/c1-12(16-2-4-17(20)5-3-16)21-18(22)19-9-13-6-14(10-19)8-15(7-13)11-19/h2-5,12-15H,6-11H2,1H3,(H,21,22)/t12-,13?,14?,15?,19?/m1/s1. The SMILES string of the molecule is C[C@@H](NC(=O)C12CC3CC(CC(C3)C1)C2)c1ccc(F)cc1. The van der Waals surface area contributed by atoms with Crippen molar-refractivity contribution < 1.29 is 9.18 Å². The van der Waals surface area contributed by atoms with Crippen molar-refractivity contribution >= 4 is 5.91 Å². The molecule has 2 nitrogen and oxygen atoms in total. The van der Waals surface area contributed by atoms with E-state index in [0.717, 1.165) is 42.6 Å². The third-order valence-corrected chi connectivity index (χ3v) is 6.24. The Morgan fingerprint density at radius 3 is 2.09 bits per heavy atom. The van der Waals surface area contributed by atoms with Gasteiger partial charge in [-0.3, -0.25) is 4.79 Å². The summed E-state index contributed by atoms with van der Waals surface area (Å²) in [5.74, 6) is 2.33. The van der Waals surface area contributed by atoms with Gasteiger partial charge in [-0.2, -0.15) is 0 Å². The van der Waals surface area contributed by atoms with Crippen LogP contribution in [0, 0.1) is 29.0 Å². The van der Waals surface area contributed by atoms with Gasteiger partial charge in [0.15, 0.2) is 0 Å². The lowest BCUT2D eigenvalue weighted by atomic mass is 9.49. The van der Waals surface area contributed by atoms with Crippen LogP contribution < -0.4 is 5.32 Å². The van der Waals surface area contributed by atoms with Crippen LogP contribution in [0.25, 0.3) is 0 Å². The summed E-state index contributed by atoms with van der Waals surface area (Å²) < 4.78 is 13.0. The average Bonchev–Trinajstić information content (AvgIpc) is 2.46. The van der Waals surface area contributed by atoms with Crippen molar-refractivity contribution in [1.29, 1.82) is 0 Å². The van der Waals surface area contributed by atoms with Gasteiger partial charge in [-0.05, 0) is 80.9 Å². The molecule has 0 saturated heterocycles. The summed E-state index contributed by atoms with van der Waals surface area (Å²) in [7, 11) is 0. The molecule has 1 amide bonds. The quantitative estimate of drug-likeness (QED) is 0.890. The molecule has 1 N–H and O–H groups in total. The first-order valence-corrected chi connectivity index (χ1v) is 8.60. The number of rotatable bonds is 3. The van der Waals surface area contributed by atoms with E-state index in [-0.39, 0.29) is 23.2 Å². The maximum absolute atomic E-state index is 13.0. The third kappa shape index (κ3) is 2.35.